The smallest absolute Gasteiger partial charge is 0.262 e. The van der Waals surface area contributed by atoms with Crippen molar-refractivity contribution >= 4 is 70.6 Å². The number of nitrogens with one attached hydrogen (secondary N) is 5. The van der Waals surface area contributed by atoms with E-state index in [0.717, 1.165) is 53.4 Å². The summed E-state index contributed by atoms with van der Waals surface area (Å²) in [5.41, 5.74) is 3.83. The van der Waals surface area contributed by atoms with E-state index in [1.807, 2.05) is 32.0 Å². The van der Waals surface area contributed by atoms with Crippen molar-refractivity contribution in [2.45, 2.75) is 46.0 Å². The number of fused-ring (bicyclic) bond motifs is 1. The number of hydrogen-bond acceptors (Lipinski definition) is 7. The number of thiol groups is 1. The third kappa shape index (κ3) is 11.7. The number of amides is 5. The summed E-state index contributed by atoms with van der Waals surface area (Å²) in [6.07, 6.45) is 3.36. The maximum Gasteiger partial charge on any atom is 0.262 e. The molecule has 0 unspecified atom stereocenters. The van der Waals surface area contributed by atoms with Gasteiger partial charge in [-0.3, -0.25) is 33.3 Å². The number of benzene rings is 2. The minimum Gasteiger partial charge on any atom is -0.356 e. The first-order valence-electron chi connectivity index (χ1n) is 15.3. The number of carbonyl (C=O) groups is 6. The van der Waals surface area contributed by atoms with Crippen LogP contribution in [0.25, 0.3) is 10.9 Å². The van der Waals surface area contributed by atoms with Crippen LogP contribution in [0.2, 0.25) is 5.02 Å². The average molecular weight is 685 g/mol. The number of nitrogens with zero attached hydrogens (tertiary/aromatic N) is 1. The van der Waals surface area contributed by atoms with Gasteiger partial charge in [0.15, 0.2) is 0 Å². The van der Waals surface area contributed by atoms with Gasteiger partial charge >= 0.3 is 0 Å². The van der Waals surface area contributed by atoms with E-state index < -0.39 is 17.7 Å². The lowest BCUT2D eigenvalue weighted by atomic mass is 10.1. The molecule has 3 aromatic rings. The molecule has 0 saturated heterocycles. The van der Waals surface area contributed by atoms with Crippen LogP contribution in [0.5, 0.6) is 0 Å². The van der Waals surface area contributed by atoms with E-state index in [9.17, 15) is 28.8 Å². The van der Waals surface area contributed by atoms with E-state index in [0.29, 0.717) is 23.7 Å². The van der Waals surface area contributed by atoms with Gasteiger partial charge in [0, 0.05) is 34.8 Å². The third-order valence-corrected chi connectivity index (χ3v) is 7.89. The summed E-state index contributed by atoms with van der Waals surface area (Å²) < 4.78 is 1.66. The second-order valence-electron chi connectivity index (χ2n) is 11.0. The van der Waals surface area contributed by atoms with E-state index in [1.54, 1.807) is 28.8 Å². The quantitative estimate of drug-likeness (QED) is 0.0942. The van der Waals surface area contributed by atoms with Crippen LogP contribution >= 0.6 is 24.2 Å². The number of unbranched alkanes of at least 4 members (excludes halogenated alkanes) is 3. The molecule has 0 atom stereocenters. The normalized spacial score (nSPS) is 10.7. The Morgan fingerprint density at radius 2 is 1.21 bits per heavy atom. The highest BCUT2D eigenvalue weighted by atomic mass is 35.5. The molecule has 0 spiro atoms. The largest absolute Gasteiger partial charge is 0.356 e. The van der Waals surface area contributed by atoms with Gasteiger partial charge in [0.05, 0.1) is 37.3 Å². The van der Waals surface area contributed by atoms with Gasteiger partial charge in [0.25, 0.3) is 5.91 Å². The van der Waals surface area contributed by atoms with Gasteiger partial charge in [0.1, 0.15) is 0 Å². The maximum absolute atomic E-state index is 13.4. The number of aryl methyl sites for hydroxylation is 1. The zero-order chi connectivity index (χ0) is 34.3. The fourth-order valence-corrected chi connectivity index (χ4v) is 5.10. The summed E-state index contributed by atoms with van der Waals surface area (Å²) >= 11 is 9.78. The van der Waals surface area contributed by atoms with Crippen molar-refractivity contribution in [2.75, 3.05) is 38.5 Å². The Labute approximate surface area is 284 Å². The minimum absolute atomic E-state index is 0.0475. The standard InChI is InChI=1S/C33H41ClN6O6S/c1-21-7-12-27-26(15-21)25(22(2)40(27)33(46)23-8-10-24(34)11-9-23)16-28(41)35-13-5-3-4-6-14-36-29(42)17-37-30(43)18-38-31(44)19-39-32(45)20-47/h7-12,15,47H,3-6,13-14,16-20H2,1-2H3,(H,35,41)(H,36,42)(H,37,43)(H,38,44)(H,39,45). The molecule has 12 nitrogen and oxygen atoms in total. The van der Waals surface area contributed by atoms with Gasteiger partial charge in [-0.05, 0) is 68.7 Å². The van der Waals surface area contributed by atoms with E-state index in [4.69, 9.17) is 11.6 Å². The number of halogens is 1. The molecule has 0 radical (unpaired) electrons. The monoisotopic (exact) mass is 684 g/mol. The molecule has 14 heteroatoms. The molecule has 0 saturated carbocycles. The Bertz CT molecular complexity index is 1610. The Kier molecular flexibility index (Phi) is 14.8. The van der Waals surface area contributed by atoms with Crippen molar-refractivity contribution in [3.05, 3.63) is 69.9 Å². The minimum atomic E-state index is -0.531. The Hall–Kier alpha value is -4.36. The number of hydrogen-bond donors (Lipinski definition) is 6. The van der Waals surface area contributed by atoms with Crippen LogP contribution < -0.4 is 26.6 Å². The van der Waals surface area contributed by atoms with Gasteiger partial charge in [0.2, 0.25) is 29.5 Å². The number of aromatic nitrogens is 1. The first kappa shape index (κ1) is 37.1. The van der Waals surface area contributed by atoms with Crippen molar-refractivity contribution in [2.24, 2.45) is 0 Å². The molecular weight excluding hydrogens is 644 g/mol. The van der Waals surface area contributed by atoms with Crippen LogP contribution in [0.15, 0.2) is 42.5 Å². The molecular formula is C33H41ClN6O6S. The van der Waals surface area contributed by atoms with Crippen molar-refractivity contribution in [1.29, 1.82) is 0 Å². The predicted molar refractivity (Wildman–Crippen MR) is 184 cm³/mol. The first-order chi connectivity index (χ1) is 22.5. The topological polar surface area (TPSA) is 168 Å². The van der Waals surface area contributed by atoms with Gasteiger partial charge in [-0.2, -0.15) is 12.6 Å². The van der Waals surface area contributed by atoms with Crippen molar-refractivity contribution < 1.29 is 28.8 Å². The van der Waals surface area contributed by atoms with Crippen LogP contribution in [0.3, 0.4) is 0 Å². The summed E-state index contributed by atoms with van der Waals surface area (Å²) in [6.45, 7) is 3.99. The van der Waals surface area contributed by atoms with Crippen LogP contribution in [0.1, 0.15) is 52.9 Å². The summed E-state index contributed by atoms with van der Waals surface area (Å²) in [5, 5.41) is 14.2. The number of carbonyl (C=O) groups excluding carboxylic acids is 6. The highest BCUT2D eigenvalue weighted by Crippen LogP contribution is 2.28. The molecule has 5 N–H and O–H groups in total. The molecule has 0 aliphatic rings. The Balaban J connectivity index is 1.34. The fourth-order valence-electron chi connectivity index (χ4n) is 4.87. The highest BCUT2D eigenvalue weighted by Gasteiger charge is 2.21. The number of rotatable bonds is 17. The Morgan fingerprint density at radius 3 is 1.79 bits per heavy atom. The second kappa shape index (κ2) is 18.7. The zero-order valence-electron chi connectivity index (χ0n) is 26.5. The zero-order valence-corrected chi connectivity index (χ0v) is 28.2. The van der Waals surface area contributed by atoms with Gasteiger partial charge in [-0.25, -0.2) is 0 Å². The molecule has 0 bridgehead atoms. The lowest BCUT2D eigenvalue weighted by Gasteiger charge is -2.09. The maximum atomic E-state index is 13.4. The van der Waals surface area contributed by atoms with Crippen LogP contribution in [-0.2, 0) is 30.4 Å². The average Bonchev–Trinajstić information content (AvgIpc) is 3.32. The summed E-state index contributed by atoms with van der Waals surface area (Å²) in [7, 11) is 0. The SMILES string of the molecule is Cc1ccc2c(c1)c(CC(=O)NCCCCCCNC(=O)CNC(=O)CNC(=O)CNC(=O)CS)c(C)n2C(=O)c1ccc(Cl)cc1. The Morgan fingerprint density at radius 1 is 0.681 bits per heavy atom. The van der Waals surface area contributed by atoms with E-state index >= 15 is 0 Å². The van der Waals surface area contributed by atoms with Crippen LogP contribution in [0.4, 0.5) is 0 Å². The molecule has 1 heterocycles. The van der Waals surface area contributed by atoms with Gasteiger partial charge in [-0.15, -0.1) is 0 Å². The van der Waals surface area contributed by atoms with Gasteiger partial charge in [-0.1, -0.05) is 36.1 Å². The molecule has 3 rings (SSSR count). The lowest BCUT2D eigenvalue weighted by molar-refractivity contribution is -0.128. The highest BCUT2D eigenvalue weighted by molar-refractivity contribution is 7.81. The summed E-state index contributed by atoms with van der Waals surface area (Å²) in [4.78, 5) is 72.7. The first-order valence-corrected chi connectivity index (χ1v) is 16.4. The van der Waals surface area contributed by atoms with Crippen LogP contribution in [0, 0.1) is 13.8 Å². The van der Waals surface area contributed by atoms with E-state index in [1.165, 1.54) is 0 Å². The van der Waals surface area contributed by atoms with Crippen molar-refractivity contribution in [3.8, 4) is 0 Å². The third-order valence-electron chi connectivity index (χ3n) is 7.35. The molecule has 0 aliphatic carbocycles. The molecule has 252 valence electrons. The van der Waals surface area contributed by atoms with Crippen molar-refractivity contribution in [3.63, 3.8) is 0 Å². The second-order valence-corrected chi connectivity index (χ2v) is 11.8. The fraction of sp³-hybridized carbons (Fsp3) is 0.394. The van der Waals surface area contributed by atoms with E-state index in [2.05, 4.69) is 39.2 Å². The molecule has 0 aliphatic heterocycles. The molecule has 0 fully saturated rings. The van der Waals surface area contributed by atoms with E-state index in [-0.39, 0.29) is 49.5 Å². The lowest BCUT2D eigenvalue weighted by Crippen LogP contribution is -2.44. The molecule has 1 aromatic heterocycles. The van der Waals surface area contributed by atoms with Crippen molar-refractivity contribution in [1.82, 2.24) is 31.2 Å². The molecule has 47 heavy (non-hydrogen) atoms. The summed E-state index contributed by atoms with van der Waals surface area (Å²) in [6, 6.07) is 12.6. The molecule has 5 amide bonds. The van der Waals surface area contributed by atoms with Crippen LogP contribution in [-0.4, -0.2) is 78.5 Å². The summed E-state index contributed by atoms with van der Waals surface area (Å²) in [5.74, 6) is -2.17. The molecule has 2 aromatic carbocycles. The van der Waals surface area contributed by atoms with Gasteiger partial charge < -0.3 is 26.6 Å². The predicted octanol–water partition coefficient (Wildman–Crippen LogP) is 2.21.